The van der Waals surface area contributed by atoms with E-state index in [0.29, 0.717) is 0 Å². The molecule has 0 saturated heterocycles. The van der Waals surface area contributed by atoms with Crippen molar-refractivity contribution in [2.45, 2.75) is 11.8 Å². The van der Waals surface area contributed by atoms with Crippen molar-refractivity contribution < 1.29 is 28.0 Å². The molecule has 1 aromatic rings. The fourth-order valence-corrected chi connectivity index (χ4v) is 3.27. The van der Waals surface area contributed by atoms with Crippen molar-refractivity contribution in [1.82, 2.24) is 4.72 Å². The van der Waals surface area contributed by atoms with Gasteiger partial charge in [0.2, 0.25) is 15.8 Å². The zero-order valence-electron chi connectivity index (χ0n) is 10.9. The van der Waals surface area contributed by atoms with Gasteiger partial charge in [0.25, 0.3) is 0 Å². The van der Waals surface area contributed by atoms with Crippen LogP contribution in [-0.4, -0.2) is 38.1 Å². The lowest BCUT2D eigenvalue weighted by Gasteiger charge is -2.12. The maximum absolute atomic E-state index is 12.1. The first-order valence-corrected chi connectivity index (χ1v) is 7.62. The Morgan fingerprint density at radius 3 is 2.57 bits per heavy atom. The molecule has 0 amide bonds. The Morgan fingerprint density at radius 1 is 1.57 bits per heavy atom. The van der Waals surface area contributed by atoms with Crippen LogP contribution < -0.4 is 9.46 Å². The molecule has 0 radical (unpaired) electrons. The van der Waals surface area contributed by atoms with Crippen LogP contribution in [0.1, 0.15) is 5.56 Å². The monoisotopic (exact) mass is 382 g/mol. The number of rotatable bonds is 6. The summed E-state index contributed by atoms with van der Waals surface area (Å²) in [6.45, 7) is 0.566. The number of benzene rings is 1. The summed E-state index contributed by atoms with van der Waals surface area (Å²) in [6, 6.07) is 1.12. The molecule has 0 unspecified atom stereocenters. The van der Waals surface area contributed by atoms with Gasteiger partial charge in [0.15, 0.2) is 0 Å². The second-order valence-electron chi connectivity index (χ2n) is 3.84. The van der Waals surface area contributed by atoms with Crippen molar-refractivity contribution in [2.24, 2.45) is 0 Å². The van der Waals surface area contributed by atoms with Crippen LogP contribution in [0, 0.1) is 17.0 Å². The molecule has 1 rings (SSSR count). The first-order valence-electron chi connectivity index (χ1n) is 5.34. The van der Waals surface area contributed by atoms with Gasteiger partial charge in [0.1, 0.15) is 11.4 Å². The average molecular weight is 383 g/mol. The van der Waals surface area contributed by atoms with E-state index in [9.17, 15) is 23.3 Å². The van der Waals surface area contributed by atoms with Gasteiger partial charge in [-0.3, -0.25) is 14.9 Å². The van der Waals surface area contributed by atoms with Crippen LogP contribution in [0.2, 0.25) is 0 Å². The number of aliphatic carboxylic acids is 1. The predicted molar refractivity (Wildman–Crippen MR) is 74.9 cm³/mol. The molecule has 0 aliphatic carbocycles. The van der Waals surface area contributed by atoms with E-state index in [2.05, 4.69) is 15.9 Å². The number of carbonyl (C=O) groups is 1. The van der Waals surface area contributed by atoms with Crippen molar-refractivity contribution >= 4 is 37.6 Å². The Hall–Kier alpha value is -1.72. The molecule has 0 fully saturated rings. The third-order valence-electron chi connectivity index (χ3n) is 2.50. The smallest absolute Gasteiger partial charge is 0.318 e. The standard InChI is InChI=1S/C10H11BrN2O7S/c1-5-6(11)3-7(10(20-2)9(5)13(16)17)21(18,19)12-4-8(14)15/h3,12H,4H2,1-2H3,(H,14,15). The maximum atomic E-state index is 12.1. The number of hydrogen-bond acceptors (Lipinski definition) is 6. The van der Waals surface area contributed by atoms with Crippen molar-refractivity contribution in [3.8, 4) is 5.75 Å². The molecule has 0 aliphatic rings. The summed E-state index contributed by atoms with van der Waals surface area (Å²) >= 11 is 3.03. The van der Waals surface area contributed by atoms with Gasteiger partial charge < -0.3 is 9.84 Å². The number of nitro benzene ring substituents is 1. The van der Waals surface area contributed by atoms with Gasteiger partial charge in [-0.25, -0.2) is 8.42 Å². The van der Waals surface area contributed by atoms with E-state index in [1.807, 2.05) is 4.72 Å². The fraction of sp³-hybridized carbons (Fsp3) is 0.300. The van der Waals surface area contributed by atoms with E-state index in [1.54, 1.807) is 0 Å². The van der Waals surface area contributed by atoms with Gasteiger partial charge in [-0.1, -0.05) is 15.9 Å². The van der Waals surface area contributed by atoms with Crippen LogP contribution in [0.5, 0.6) is 5.75 Å². The lowest BCUT2D eigenvalue weighted by Crippen LogP contribution is -2.29. The number of hydrogen-bond donors (Lipinski definition) is 2. The summed E-state index contributed by atoms with van der Waals surface area (Å²) in [5.74, 6) is -1.85. The number of nitrogens with one attached hydrogen (secondary N) is 1. The van der Waals surface area contributed by atoms with E-state index in [0.717, 1.165) is 13.2 Å². The Bertz CT molecular complexity index is 702. The summed E-state index contributed by atoms with van der Waals surface area (Å²) in [6.07, 6.45) is 0. The van der Waals surface area contributed by atoms with Gasteiger partial charge in [-0.2, -0.15) is 4.72 Å². The third-order valence-corrected chi connectivity index (χ3v) is 4.73. The number of carboxylic acid groups (broad SMARTS) is 1. The summed E-state index contributed by atoms with van der Waals surface area (Å²) in [7, 11) is -3.19. The number of halogens is 1. The van der Waals surface area contributed by atoms with Crippen molar-refractivity contribution in [2.75, 3.05) is 13.7 Å². The third kappa shape index (κ3) is 3.68. The van der Waals surface area contributed by atoms with Crippen LogP contribution >= 0.6 is 15.9 Å². The first-order chi connectivity index (χ1) is 9.61. The van der Waals surface area contributed by atoms with E-state index < -0.39 is 43.8 Å². The van der Waals surface area contributed by atoms with Crippen LogP contribution in [0.25, 0.3) is 0 Å². The lowest BCUT2D eigenvalue weighted by atomic mass is 10.2. The molecular weight excluding hydrogens is 372 g/mol. The average Bonchev–Trinajstić information content (AvgIpc) is 2.38. The summed E-state index contributed by atoms with van der Waals surface area (Å²) in [5, 5.41) is 19.6. The normalized spacial score (nSPS) is 11.2. The molecule has 0 spiro atoms. The van der Waals surface area contributed by atoms with E-state index in [4.69, 9.17) is 9.84 Å². The minimum atomic E-state index is -4.28. The van der Waals surface area contributed by atoms with Crippen molar-refractivity contribution in [3.05, 3.63) is 26.2 Å². The van der Waals surface area contributed by atoms with E-state index in [-0.39, 0.29) is 10.0 Å². The highest BCUT2D eigenvalue weighted by Gasteiger charge is 2.31. The molecule has 116 valence electrons. The van der Waals surface area contributed by atoms with Gasteiger partial charge >= 0.3 is 11.7 Å². The first kappa shape index (κ1) is 17.3. The summed E-state index contributed by atoms with van der Waals surface area (Å²) < 4.78 is 30.9. The SMILES string of the molecule is COc1c(S(=O)(=O)NCC(=O)O)cc(Br)c(C)c1[N+](=O)[O-]. The Morgan fingerprint density at radius 2 is 2.14 bits per heavy atom. The van der Waals surface area contributed by atoms with E-state index in [1.165, 1.54) is 6.92 Å². The molecule has 0 aromatic heterocycles. The van der Waals surface area contributed by atoms with Gasteiger partial charge in [0, 0.05) is 10.0 Å². The number of nitro groups is 1. The highest BCUT2D eigenvalue weighted by molar-refractivity contribution is 9.10. The number of nitrogens with zero attached hydrogens (tertiary/aromatic N) is 1. The quantitative estimate of drug-likeness (QED) is 0.553. The molecule has 0 saturated carbocycles. The molecule has 0 heterocycles. The largest absolute Gasteiger partial charge is 0.489 e. The topological polar surface area (TPSA) is 136 Å². The Balaban J connectivity index is 3.56. The summed E-state index contributed by atoms with van der Waals surface area (Å²) in [4.78, 5) is 20.3. The summed E-state index contributed by atoms with van der Waals surface area (Å²) in [5.41, 5.74) is -0.323. The molecule has 0 aliphatic heterocycles. The number of methoxy groups -OCH3 is 1. The fourth-order valence-electron chi connectivity index (χ4n) is 1.54. The molecule has 0 atom stereocenters. The number of sulfonamides is 1. The van der Waals surface area contributed by atoms with Crippen LogP contribution in [0.15, 0.2) is 15.4 Å². The van der Waals surface area contributed by atoms with Gasteiger partial charge in [-0.15, -0.1) is 0 Å². The molecular formula is C10H11BrN2O7S. The number of ether oxygens (including phenoxy) is 1. The Kier molecular flexibility index (Phi) is 5.25. The lowest BCUT2D eigenvalue weighted by molar-refractivity contribution is -0.386. The molecule has 0 bridgehead atoms. The second kappa shape index (κ2) is 6.37. The minimum absolute atomic E-state index is 0.186. The zero-order chi connectivity index (χ0) is 16.4. The van der Waals surface area contributed by atoms with Crippen LogP contribution in [0.4, 0.5) is 5.69 Å². The minimum Gasteiger partial charge on any atom is -0.489 e. The highest BCUT2D eigenvalue weighted by Crippen LogP contribution is 2.40. The van der Waals surface area contributed by atoms with Gasteiger partial charge in [0.05, 0.1) is 12.0 Å². The molecule has 11 heteroatoms. The van der Waals surface area contributed by atoms with Crippen molar-refractivity contribution in [1.29, 1.82) is 0 Å². The van der Waals surface area contributed by atoms with Gasteiger partial charge in [-0.05, 0) is 13.0 Å². The van der Waals surface area contributed by atoms with Crippen LogP contribution in [0.3, 0.4) is 0 Å². The highest BCUT2D eigenvalue weighted by atomic mass is 79.9. The van der Waals surface area contributed by atoms with Crippen LogP contribution in [-0.2, 0) is 14.8 Å². The molecule has 1 aromatic carbocycles. The molecule has 9 nitrogen and oxygen atoms in total. The molecule has 21 heavy (non-hydrogen) atoms. The zero-order valence-corrected chi connectivity index (χ0v) is 13.3. The van der Waals surface area contributed by atoms with E-state index >= 15 is 0 Å². The molecule has 2 N–H and O–H groups in total. The van der Waals surface area contributed by atoms with Crippen molar-refractivity contribution in [3.63, 3.8) is 0 Å². The maximum Gasteiger partial charge on any atom is 0.318 e. The predicted octanol–water partition coefficient (Wildman–Crippen LogP) is 1.04. The Labute approximate surface area is 128 Å². The second-order valence-corrected chi connectivity index (χ2v) is 6.43. The number of carboxylic acids is 1.